The highest BCUT2D eigenvalue weighted by molar-refractivity contribution is 9.11. The Hall–Kier alpha value is -1.86. The largest absolute Gasteiger partial charge is 0.356 e. The first-order valence-electron chi connectivity index (χ1n) is 8.63. The highest BCUT2D eigenvalue weighted by atomic mass is 79.9. The van der Waals surface area contributed by atoms with E-state index in [0.717, 1.165) is 33.8 Å². The number of amidine groups is 1. The van der Waals surface area contributed by atoms with Gasteiger partial charge in [-0.1, -0.05) is 45.9 Å². The van der Waals surface area contributed by atoms with E-state index in [1.165, 1.54) is 6.07 Å². The molecule has 142 valence electrons. The number of benzene rings is 1. The molecule has 2 aliphatic rings. The minimum absolute atomic E-state index is 0.174. The monoisotopic (exact) mass is 449 g/mol. The molecule has 0 bridgehead atoms. The van der Waals surface area contributed by atoms with Gasteiger partial charge in [-0.3, -0.25) is 9.79 Å². The Bertz CT molecular complexity index is 878. The summed E-state index contributed by atoms with van der Waals surface area (Å²) in [5.74, 6) is 0.119. The van der Waals surface area contributed by atoms with Crippen molar-refractivity contribution in [3.63, 3.8) is 0 Å². The standard InChI is InChI=1S/C20H21BrFN3OS/c1-20(9-10-27-19(23-2)25-20)14-7-8-16(22)17(12-14)24-18(26)13-5-3-4-6-15(21)11-13/h3-5,7-8,11-12H,6,9-10H2,1-2H3,(H,23,25)(H,24,26). The quantitative estimate of drug-likeness (QED) is 0.692. The summed E-state index contributed by atoms with van der Waals surface area (Å²) in [4.78, 5) is 16.8. The number of hydrogen-bond donors (Lipinski definition) is 2. The van der Waals surface area contributed by atoms with E-state index in [-0.39, 0.29) is 17.1 Å². The Balaban J connectivity index is 1.86. The fraction of sp³-hybridized carbons (Fsp3) is 0.300. The van der Waals surface area contributed by atoms with Gasteiger partial charge in [0.25, 0.3) is 5.91 Å². The second-order valence-corrected chi connectivity index (χ2v) is 8.68. The Morgan fingerprint density at radius 2 is 2.26 bits per heavy atom. The number of rotatable bonds is 3. The van der Waals surface area contributed by atoms with E-state index in [0.29, 0.717) is 5.57 Å². The first-order valence-corrected chi connectivity index (χ1v) is 10.4. The molecule has 0 aromatic heterocycles. The highest BCUT2D eigenvalue weighted by Gasteiger charge is 2.32. The van der Waals surface area contributed by atoms with Crippen molar-refractivity contribution in [1.29, 1.82) is 0 Å². The molecule has 1 aliphatic carbocycles. The number of aliphatic imine (C=N–C) groups is 1. The zero-order valence-electron chi connectivity index (χ0n) is 15.2. The van der Waals surface area contributed by atoms with E-state index in [1.807, 2.05) is 12.2 Å². The van der Waals surface area contributed by atoms with Crippen LogP contribution in [0.2, 0.25) is 0 Å². The summed E-state index contributed by atoms with van der Waals surface area (Å²) in [6.45, 7) is 2.06. The lowest BCUT2D eigenvalue weighted by molar-refractivity contribution is -0.112. The molecule has 1 amide bonds. The molecule has 0 saturated carbocycles. The van der Waals surface area contributed by atoms with Crippen molar-refractivity contribution < 1.29 is 9.18 Å². The molecule has 1 aromatic rings. The molecule has 1 atom stereocenters. The average molecular weight is 450 g/mol. The summed E-state index contributed by atoms with van der Waals surface area (Å²) in [5.41, 5.74) is 1.19. The predicted octanol–water partition coefficient (Wildman–Crippen LogP) is 4.86. The lowest BCUT2D eigenvalue weighted by atomic mass is 9.89. The van der Waals surface area contributed by atoms with E-state index in [2.05, 4.69) is 38.5 Å². The summed E-state index contributed by atoms with van der Waals surface area (Å²) in [5, 5.41) is 6.99. The van der Waals surface area contributed by atoms with Crippen LogP contribution in [0.15, 0.2) is 57.6 Å². The SMILES string of the molecule is CN=C1NC(C)(c2ccc(F)c(NC(=O)C3=CC=CCC(Br)=C3)c2)CCS1. The molecule has 0 radical (unpaired) electrons. The van der Waals surface area contributed by atoms with Crippen molar-refractivity contribution in [2.75, 3.05) is 18.1 Å². The second kappa shape index (κ2) is 8.44. The van der Waals surface area contributed by atoms with E-state index in [9.17, 15) is 9.18 Å². The number of carbonyl (C=O) groups excluding carboxylic acids is 1. The number of amides is 1. The Morgan fingerprint density at radius 3 is 3.04 bits per heavy atom. The van der Waals surface area contributed by atoms with Crippen molar-refractivity contribution in [1.82, 2.24) is 5.32 Å². The van der Waals surface area contributed by atoms with Gasteiger partial charge in [-0.2, -0.15) is 0 Å². The number of hydrogen-bond acceptors (Lipinski definition) is 3. The van der Waals surface area contributed by atoms with E-state index in [4.69, 9.17) is 0 Å². The summed E-state index contributed by atoms with van der Waals surface area (Å²) < 4.78 is 15.3. The van der Waals surface area contributed by atoms with Crippen molar-refractivity contribution in [3.05, 3.63) is 63.9 Å². The van der Waals surface area contributed by atoms with Crippen LogP contribution in [0.3, 0.4) is 0 Å². The Kier molecular flexibility index (Phi) is 6.22. The van der Waals surface area contributed by atoms with Crippen molar-refractivity contribution in [2.24, 2.45) is 4.99 Å². The maximum atomic E-state index is 14.4. The molecule has 1 unspecified atom stereocenters. The highest BCUT2D eigenvalue weighted by Crippen LogP contribution is 2.33. The summed E-state index contributed by atoms with van der Waals surface area (Å²) in [6.07, 6.45) is 8.84. The number of nitrogens with zero attached hydrogens (tertiary/aromatic N) is 1. The number of allylic oxidation sites excluding steroid dienone is 4. The first-order chi connectivity index (χ1) is 12.9. The van der Waals surface area contributed by atoms with E-state index < -0.39 is 5.82 Å². The van der Waals surface area contributed by atoms with Crippen molar-refractivity contribution in [2.45, 2.75) is 25.3 Å². The number of nitrogens with one attached hydrogen (secondary N) is 2. The van der Waals surface area contributed by atoms with Crippen LogP contribution < -0.4 is 10.6 Å². The van der Waals surface area contributed by atoms with Gasteiger partial charge in [0, 0.05) is 18.4 Å². The third kappa shape index (κ3) is 4.71. The summed E-state index contributed by atoms with van der Waals surface area (Å²) >= 11 is 5.09. The van der Waals surface area contributed by atoms with Crippen LogP contribution in [0.25, 0.3) is 0 Å². The molecule has 7 heteroatoms. The van der Waals surface area contributed by atoms with Gasteiger partial charge in [-0.05, 0) is 54.1 Å². The second-order valence-electron chi connectivity index (χ2n) is 6.58. The van der Waals surface area contributed by atoms with Gasteiger partial charge in [-0.25, -0.2) is 4.39 Å². The normalized spacial score (nSPS) is 23.9. The third-order valence-electron chi connectivity index (χ3n) is 4.58. The van der Waals surface area contributed by atoms with Crippen LogP contribution in [0.4, 0.5) is 10.1 Å². The molecular formula is C20H21BrFN3OS. The van der Waals surface area contributed by atoms with Crippen LogP contribution >= 0.6 is 27.7 Å². The zero-order valence-corrected chi connectivity index (χ0v) is 17.6. The molecule has 3 rings (SSSR count). The van der Waals surface area contributed by atoms with Crippen LogP contribution in [0.5, 0.6) is 0 Å². The summed E-state index contributed by atoms with van der Waals surface area (Å²) in [6, 6.07) is 4.86. The number of anilines is 1. The van der Waals surface area contributed by atoms with Gasteiger partial charge < -0.3 is 10.6 Å². The Morgan fingerprint density at radius 1 is 1.44 bits per heavy atom. The lowest BCUT2D eigenvalue weighted by Crippen LogP contribution is -2.46. The molecule has 4 nitrogen and oxygen atoms in total. The number of carbonyl (C=O) groups is 1. The third-order valence-corrected chi connectivity index (χ3v) is 6.10. The lowest BCUT2D eigenvalue weighted by Gasteiger charge is -2.36. The average Bonchev–Trinajstić information content (AvgIpc) is 2.88. The molecule has 2 N–H and O–H groups in total. The van der Waals surface area contributed by atoms with Crippen LogP contribution in [-0.4, -0.2) is 23.9 Å². The molecule has 0 spiro atoms. The maximum absolute atomic E-state index is 14.4. The molecule has 1 aromatic carbocycles. The van der Waals surface area contributed by atoms with Gasteiger partial charge in [0.15, 0.2) is 5.17 Å². The fourth-order valence-corrected chi connectivity index (χ4v) is 4.52. The van der Waals surface area contributed by atoms with E-state index >= 15 is 0 Å². The molecule has 1 saturated heterocycles. The van der Waals surface area contributed by atoms with Crippen LogP contribution in [-0.2, 0) is 10.3 Å². The zero-order chi connectivity index (χ0) is 19.4. The van der Waals surface area contributed by atoms with Gasteiger partial charge in [-0.15, -0.1) is 0 Å². The van der Waals surface area contributed by atoms with Crippen LogP contribution in [0.1, 0.15) is 25.3 Å². The molecule has 1 fully saturated rings. The van der Waals surface area contributed by atoms with Crippen molar-refractivity contribution >= 4 is 44.5 Å². The molecular weight excluding hydrogens is 429 g/mol. The van der Waals surface area contributed by atoms with Gasteiger partial charge in [0.2, 0.25) is 0 Å². The number of thioether (sulfide) groups is 1. The smallest absolute Gasteiger partial charge is 0.255 e. The first kappa shape index (κ1) is 19.9. The molecule has 1 heterocycles. The minimum Gasteiger partial charge on any atom is -0.356 e. The van der Waals surface area contributed by atoms with Crippen molar-refractivity contribution in [3.8, 4) is 0 Å². The van der Waals surface area contributed by atoms with E-state index in [1.54, 1.807) is 43.1 Å². The molecule has 27 heavy (non-hydrogen) atoms. The molecule has 1 aliphatic heterocycles. The number of halogens is 2. The summed E-state index contributed by atoms with van der Waals surface area (Å²) in [7, 11) is 1.75. The van der Waals surface area contributed by atoms with Crippen LogP contribution in [0, 0.1) is 5.82 Å². The van der Waals surface area contributed by atoms with Gasteiger partial charge >= 0.3 is 0 Å². The van der Waals surface area contributed by atoms with Gasteiger partial charge in [0.1, 0.15) is 5.82 Å². The van der Waals surface area contributed by atoms with Gasteiger partial charge in [0.05, 0.1) is 11.2 Å². The minimum atomic E-state index is -0.460. The predicted molar refractivity (Wildman–Crippen MR) is 115 cm³/mol. The fourth-order valence-electron chi connectivity index (χ4n) is 2.95. The Labute approximate surface area is 171 Å². The maximum Gasteiger partial charge on any atom is 0.255 e. The topological polar surface area (TPSA) is 53.5 Å².